The highest BCUT2D eigenvalue weighted by Crippen LogP contribution is 2.17. The quantitative estimate of drug-likeness (QED) is 0.820. The smallest absolute Gasteiger partial charge is 0.154 e. The summed E-state index contributed by atoms with van der Waals surface area (Å²) in [6.07, 6.45) is 2.81. The molecule has 1 heterocycles. The van der Waals surface area contributed by atoms with Crippen LogP contribution in [-0.2, 0) is 9.84 Å². The number of hydrogen-bond donors (Lipinski definition) is 2. The van der Waals surface area contributed by atoms with Gasteiger partial charge in [-0.1, -0.05) is 0 Å². The molecule has 0 bridgehead atoms. The molecular weight excluding hydrogens is 226 g/mol. The van der Waals surface area contributed by atoms with Crippen LogP contribution in [0, 0.1) is 0 Å². The van der Waals surface area contributed by atoms with Gasteiger partial charge in [0, 0.05) is 30.8 Å². The van der Waals surface area contributed by atoms with Gasteiger partial charge in [0.15, 0.2) is 9.84 Å². The van der Waals surface area contributed by atoms with Gasteiger partial charge in [-0.05, 0) is 19.9 Å². The number of nitrogens with one attached hydrogen (secondary N) is 1. The topological polar surface area (TPSA) is 85.1 Å². The lowest BCUT2D eigenvalue weighted by Crippen LogP contribution is -2.38. The molecule has 1 rings (SSSR count). The van der Waals surface area contributed by atoms with Crippen LogP contribution in [0.4, 0.5) is 11.5 Å². The molecule has 0 amide bonds. The van der Waals surface area contributed by atoms with Crippen LogP contribution in [0.2, 0.25) is 0 Å². The zero-order valence-corrected chi connectivity index (χ0v) is 10.5. The molecule has 0 saturated carbocycles. The standard InChI is InChI=1S/C10H17N3O2S/c1-10(2,16(3,14)15)7-13-8-4-5-12-9(11)6-8/h4-6H,7H2,1-3H3,(H3,11,12,13). The summed E-state index contributed by atoms with van der Waals surface area (Å²) in [7, 11) is -3.09. The van der Waals surface area contributed by atoms with Crippen molar-refractivity contribution >= 4 is 21.3 Å². The molecular formula is C10H17N3O2S. The van der Waals surface area contributed by atoms with Gasteiger partial charge < -0.3 is 11.1 Å². The number of anilines is 2. The lowest BCUT2D eigenvalue weighted by atomic mass is 10.2. The minimum absolute atomic E-state index is 0.329. The Labute approximate surface area is 96.0 Å². The Morgan fingerprint density at radius 3 is 2.62 bits per heavy atom. The van der Waals surface area contributed by atoms with Gasteiger partial charge in [0.25, 0.3) is 0 Å². The second-order valence-electron chi connectivity index (χ2n) is 4.35. The van der Waals surface area contributed by atoms with E-state index in [0.29, 0.717) is 12.4 Å². The molecule has 0 aliphatic rings. The molecule has 5 nitrogen and oxygen atoms in total. The van der Waals surface area contributed by atoms with Crippen molar-refractivity contribution in [2.75, 3.05) is 23.9 Å². The Kier molecular flexibility index (Phi) is 3.42. The molecule has 90 valence electrons. The predicted octanol–water partition coefficient (Wildman–Crippen LogP) is 0.899. The predicted molar refractivity (Wildman–Crippen MR) is 66.1 cm³/mol. The van der Waals surface area contributed by atoms with Crippen molar-refractivity contribution in [1.82, 2.24) is 4.98 Å². The van der Waals surface area contributed by atoms with Crippen LogP contribution in [0.5, 0.6) is 0 Å². The molecule has 0 spiro atoms. The van der Waals surface area contributed by atoms with Crippen molar-refractivity contribution < 1.29 is 8.42 Å². The number of nitrogens with two attached hydrogens (primary N) is 1. The molecule has 1 aromatic rings. The number of sulfone groups is 1. The molecule has 0 aliphatic carbocycles. The van der Waals surface area contributed by atoms with Crippen molar-refractivity contribution in [2.24, 2.45) is 0 Å². The maximum absolute atomic E-state index is 11.5. The van der Waals surface area contributed by atoms with Crippen LogP contribution in [0.25, 0.3) is 0 Å². The first-order chi connectivity index (χ1) is 7.22. The van der Waals surface area contributed by atoms with E-state index in [1.54, 1.807) is 32.2 Å². The fraction of sp³-hybridized carbons (Fsp3) is 0.500. The summed E-state index contributed by atoms with van der Waals surface area (Å²) in [5.74, 6) is 0.405. The summed E-state index contributed by atoms with van der Waals surface area (Å²) in [5.41, 5.74) is 6.28. The van der Waals surface area contributed by atoms with Gasteiger partial charge in [-0.2, -0.15) is 0 Å². The van der Waals surface area contributed by atoms with E-state index in [4.69, 9.17) is 5.73 Å². The molecule has 3 N–H and O–H groups in total. The summed E-state index contributed by atoms with van der Waals surface area (Å²) in [6.45, 7) is 3.69. The maximum Gasteiger partial charge on any atom is 0.154 e. The molecule has 0 aromatic carbocycles. The third-order valence-corrected chi connectivity index (χ3v) is 4.65. The lowest BCUT2D eigenvalue weighted by molar-refractivity contribution is 0.560. The Hall–Kier alpha value is -1.30. The van der Waals surface area contributed by atoms with Crippen molar-refractivity contribution in [1.29, 1.82) is 0 Å². The molecule has 0 unspecified atom stereocenters. The van der Waals surface area contributed by atoms with Crippen LogP contribution in [0.1, 0.15) is 13.8 Å². The number of nitrogen functional groups attached to an aromatic ring is 1. The SMILES string of the molecule is CC(C)(CNc1ccnc(N)c1)S(C)(=O)=O. The van der Waals surface area contributed by atoms with E-state index in [0.717, 1.165) is 5.69 Å². The van der Waals surface area contributed by atoms with Crippen LogP contribution < -0.4 is 11.1 Å². The van der Waals surface area contributed by atoms with Crippen LogP contribution in [0.3, 0.4) is 0 Å². The minimum Gasteiger partial charge on any atom is -0.384 e. The van der Waals surface area contributed by atoms with Crippen LogP contribution in [0.15, 0.2) is 18.3 Å². The van der Waals surface area contributed by atoms with Gasteiger partial charge in [0.1, 0.15) is 5.82 Å². The molecule has 16 heavy (non-hydrogen) atoms. The third-order valence-electron chi connectivity index (χ3n) is 2.50. The van der Waals surface area contributed by atoms with Gasteiger partial charge in [-0.25, -0.2) is 13.4 Å². The van der Waals surface area contributed by atoms with Crippen molar-refractivity contribution in [3.63, 3.8) is 0 Å². The molecule has 0 aliphatic heterocycles. The number of rotatable bonds is 4. The minimum atomic E-state index is -3.09. The average molecular weight is 243 g/mol. The fourth-order valence-electron chi connectivity index (χ4n) is 1.00. The Balaban J connectivity index is 2.72. The zero-order valence-electron chi connectivity index (χ0n) is 9.69. The monoisotopic (exact) mass is 243 g/mol. The highest BCUT2D eigenvalue weighted by atomic mass is 32.2. The summed E-state index contributed by atoms with van der Waals surface area (Å²) in [4.78, 5) is 3.85. The number of hydrogen-bond acceptors (Lipinski definition) is 5. The highest BCUT2D eigenvalue weighted by molar-refractivity contribution is 7.92. The van der Waals surface area contributed by atoms with Gasteiger partial charge in [0.05, 0.1) is 4.75 Å². The van der Waals surface area contributed by atoms with E-state index in [9.17, 15) is 8.42 Å². The van der Waals surface area contributed by atoms with Crippen molar-refractivity contribution in [2.45, 2.75) is 18.6 Å². The summed E-state index contributed by atoms with van der Waals surface area (Å²) < 4.78 is 22.1. The van der Waals surface area contributed by atoms with E-state index in [1.807, 2.05) is 0 Å². The van der Waals surface area contributed by atoms with E-state index >= 15 is 0 Å². The van der Waals surface area contributed by atoms with Crippen molar-refractivity contribution in [3.8, 4) is 0 Å². The van der Waals surface area contributed by atoms with E-state index in [2.05, 4.69) is 10.3 Å². The normalized spacial score (nSPS) is 12.4. The summed E-state index contributed by atoms with van der Waals surface area (Å²) in [6, 6.07) is 3.41. The van der Waals surface area contributed by atoms with E-state index in [-0.39, 0.29) is 0 Å². The number of aromatic nitrogens is 1. The fourth-order valence-corrected chi connectivity index (χ4v) is 1.34. The summed E-state index contributed by atoms with van der Waals surface area (Å²) in [5, 5.41) is 3.03. The van der Waals surface area contributed by atoms with Crippen LogP contribution in [-0.4, -0.2) is 30.9 Å². The molecule has 0 radical (unpaired) electrons. The second-order valence-corrected chi connectivity index (χ2v) is 7.00. The van der Waals surface area contributed by atoms with Gasteiger partial charge in [-0.3, -0.25) is 0 Å². The lowest BCUT2D eigenvalue weighted by Gasteiger charge is -2.23. The van der Waals surface area contributed by atoms with Crippen LogP contribution >= 0.6 is 0 Å². The molecule has 1 aromatic heterocycles. The average Bonchev–Trinajstić information content (AvgIpc) is 2.13. The number of nitrogens with zero attached hydrogens (tertiary/aromatic N) is 1. The first-order valence-electron chi connectivity index (χ1n) is 4.87. The molecule has 0 atom stereocenters. The largest absolute Gasteiger partial charge is 0.384 e. The van der Waals surface area contributed by atoms with Gasteiger partial charge >= 0.3 is 0 Å². The first kappa shape index (κ1) is 12.8. The van der Waals surface area contributed by atoms with E-state index in [1.165, 1.54) is 6.26 Å². The Morgan fingerprint density at radius 2 is 2.12 bits per heavy atom. The second kappa shape index (κ2) is 4.29. The van der Waals surface area contributed by atoms with E-state index < -0.39 is 14.6 Å². The number of pyridine rings is 1. The molecule has 0 saturated heterocycles. The van der Waals surface area contributed by atoms with Gasteiger partial charge in [-0.15, -0.1) is 0 Å². The molecule has 6 heteroatoms. The third kappa shape index (κ3) is 3.10. The Bertz CT molecular complexity index is 469. The first-order valence-corrected chi connectivity index (χ1v) is 6.76. The Morgan fingerprint density at radius 1 is 1.50 bits per heavy atom. The maximum atomic E-state index is 11.5. The zero-order chi connectivity index (χ0) is 12.4. The summed E-state index contributed by atoms with van der Waals surface area (Å²) >= 11 is 0. The van der Waals surface area contributed by atoms with Crippen molar-refractivity contribution in [3.05, 3.63) is 18.3 Å². The van der Waals surface area contributed by atoms with Gasteiger partial charge in [0.2, 0.25) is 0 Å². The molecule has 0 fully saturated rings. The highest BCUT2D eigenvalue weighted by Gasteiger charge is 2.29.